The molecule has 0 unspecified atom stereocenters. The summed E-state index contributed by atoms with van der Waals surface area (Å²) in [5.41, 5.74) is 6.25. The van der Waals surface area contributed by atoms with Gasteiger partial charge in [-0.2, -0.15) is 4.80 Å². The monoisotopic (exact) mass is 232 g/mol. The molecule has 2 rings (SSSR count). The molecule has 0 aliphatic carbocycles. The van der Waals surface area contributed by atoms with Crippen LogP contribution in [0.5, 0.6) is 0 Å². The van der Waals surface area contributed by atoms with Crippen molar-refractivity contribution >= 4 is 5.84 Å². The van der Waals surface area contributed by atoms with E-state index in [1.165, 1.54) is 4.80 Å². The SMILES string of the molecule is N/C(CCn1nnc(-c2ccccc2)n1)=N\O. The molecule has 0 aliphatic rings. The van der Waals surface area contributed by atoms with Gasteiger partial charge < -0.3 is 10.9 Å². The van der Waals surface area contributed by atoms with Crippen LogP contribution in [0.2, 0.25) is 0 Å². The van der Waals surface area contributed by atoms with E-state index < -0.39 is 0 Å². The Morgan fingerprint density at radius 1 is 1.35 bits per heavy atom. The van der Waals surface area contributed by atoms with Gasteiger partial charge in [0.25, 0.3) is 0 Å². The zero-order valence-corrected chi connectivity index (χ0v) is 9.06. The van der Waals surface area contributed by atoms with Crippen LogP contribution in [0.25, 0.3) is 11.4 Å². The number of oxime groups is 1. The first-order valence-corrected chi connectivity index (χ1v) is 5.09. The molecule has 0 saturated carbocycles. The topological polar surface area (TPSA) is 102 Å². The molecule has 0 spiro atoms. The minimum atomic E-state index is 0.142. The van der Waals surface area contributed by atoms with Crippen molar-refractivity contribution in [1.29, 1.82) is 0 Å². The molecule has 1 aromatic carbocycles. The van der Waals surface area contributed by atoms with E-state index in [-0.39, 0.29) is 5.84 Å². The Labute approximate surface area is 97.6 Å². The molecule has 88 valence electrons. The van der Waals surface area contributed by atoms with E-state index in [1.807, 2.05) is 30.3 Å². The second kappa shape index (κ2) is 5.06. The lowest BCUT2D eigenvalue weighted by Crippen LogP contribution is -2.16. The van der Waals surface area contributed by atoms with Crippen LogP contribution in [0.1, 0.15) is 6.42 Å². The van der Waals surface area contributed by atoms with Crippen molar-refractivity contribution in [3.63, 3.8) is 0 Å². The number of hydrogen-bond acceptors (Lipinski definition) is 5. The third kappa shape index (κ3) is 2.77. The highest BCUT2D eigenvalue weighted by atomic mass is 16.4. The van der Waals surface area contributed by atoms with E-state index in [2.05, 4.69) is 20.6 Å². The predicted molar refractivity (Wildman–Crippen MR) is 61.3 cm³/mol. The summed E-state index contributed by atoms with van der Waals surface area (Å²) in [5.74, 6) is 0.702. The number of aromatic nitrogens is 4. The van der Waals surface area contributed by atoms with Crippen LogP contribution in [-0.2, 0) is 6.54 Å². The molecular weight excluding hydrogens is 220 g/mol. The maximum Gasteiger partial charge on any atom is 0.204 e. The van der Waals surface area contributed by atoms with E-state index in [0.717, 1.165) is 5.56 Å². The third-order valence-corrected chi connectivity index (χ3v) is 2.18. The van der Waals surface area contributed by atoms with Gasteiger partial charge in [-0.1, -0.05) is 35.5 Å². The van der Waals surface area contributed by atoms with E-state index >= 15 is 0 Å². The Morgan fingerprint density at radius 2 is 2.12 bits per heavy atom. The number of tetrazole rings is 1. The maximum absolute atomic E-state index is 8.39. The molecule has 0 atom stereocenters. The van der Waals surface area contributed by atoms with Gasteiger partial charge in [0.15, 0.2) is 0 Å². The maximum atomic E-state index is 8.39. The summed E-state index contributed by atoms with van der Waals surface area (Å²) < 4.78 is 0. The van der Waals surface area contributed by atoms with Gasteiger partial charge in [-0.15, -0.1) is 10.2 Å². The van der Waals surface area contributed by atoms with Gasteiger partial charge in [0.2, 0.25) is 5.82 Å². The van der Waals surface area contributed by atoms with E-state index in [1.54, 1.807) is 0 Å². The summed E-state index contributed by atoms with van der Waals surface area (Å²) in [5, 5.41) is 23.3. The number of amidine groups is 1. The van der Waals surface area contributed by atoms with Crippen LogP contribution >= 0.6 is 0 Å². The first-order valence-electron chi connectivity index (χ1n) is 5.09. The fourth-order valence-corrected chi connectivity index (χ4v) is 1.31. The lowest BCUT2D eigenvalue weighted by atomic mass is 10.2. The largest absolute Gasteiger partial charge is 0.409 e. The Balaban J connectivity index is 2.06. The zero-order valence-electron chi connectivity index (χ0n) is 9.06. The van der Waals surface area contributed by atoms with Crippen molar-refractivity contribution in [1.82, 2.24) is 20.2 Å². The molecule has 0 fully saturated rings. The predicted octanol–water partition coefficient (Wildman–Crippen LogP) is 0.477. The first-order chi connectivity index (χ1) is 8.29. The minimum Gasteiger partial charge on any atom is -0.409 e. The summed E-state index contributed by atoms with van der Waals surface area (Å²) >= 11 is 0. The standard InChI is InChI=1S/C10H12N6O/c11-9(14-17)6-7-16-13-10(12-15-16)8-4-2-1-3-5-8/h1-5,17H,6-7H2,(H2,11,14). The normalized spacial score (nSPS) is 11.6. The fraction of sp³-hybridized carbons (Fsp3) is 0.200. The molecule has 7 nitrogen and oxygen atoms in total. The average molecular weight is 232 g/mol. The third-order valence-electron chi connectivity index (χ3n) is 2.18. The summed E-state index contributed by atoms with van der Waals surface area (Å²) in [6.07, 6.45) is 0.376. The van der Waals surface area contributed by atoms with Crippen molar-refractivity contribution in [3.05, 3.63) is 30.3 Å². The van der Waals surface area contributed by atoms with Crippen molar-refractivity contribution < 1.29 is 5.21 Å². The highest BCUT2D eigenvalue weighted by Gasteiger charge is 2.05. The summed E-state index contributed by atoms with van der Waals surface area (Å²) in [6, 6.07) is 9.56. The van der Waals surface area contributed by atoms with Crippen LogP contribution < -0.4 is 5.73 Å². The van der Waals surface area contributed by atoms with Gasteiger partial charge in [-0.05, 0) is 5.21 Å². The number of benzene rings is 1. The van der Waals surface area contributed by atoms with Gasteiger partial charge in [-0.3, -0.25) is 0 Å². The molecule has 0 amide bonds. The van der Waals surface area contributed by atoms with Gasteiger partial charge >= 0.3 is 0 Å². The van der Waals surface area contributed by atoms with Crippen molar-refractivity contribution in [2.75, 3.05) is 0 Å². The van der Waals surface area contributed by atoms with Gasteiger partial charge in [-0.25, -0.2) is 0 Å². The van der Waals surface area contributed by atoms with Crippen LogP contribution in [0.4, 0.5) is 0 Å². The number of nitrogens with two attached hydrogens (primary N) is 1. The molecule has 1 heterocycles. The number of nitrogens with zero attached hydrogens (tertiary/aromatic N) is 5. The Hall–Kier alpha value is -2.44. The number of rotatable bonds is 4. The van der Waals surface area contributed by atoms with Gasteiger partial charge in [0.1, 0.15) is 5.84 Å². The average Bonchev–Trinajstić information content (AvgIpc) is 2.86. The van der Waals surface area contributed by atoms with Crippen LogP contribution in [0.3, 0.4) is 0 Å². The molecule has 0 radical (unpaired) electrons. The van der Waals surface area contributed by atoms with Crippen molar-refractivity contribution in [2.45, 2.75) is 13.0 Å². The summed E-state index contributed by atoms with van der Waals surface area (Å²) in [7, 11) is 0. The highest BCUT2D eigenvalue weighted by molar-refractivity contribution is 5.79. The summed E-state index contributed by atoms with van der Waals surface area (Å²) in [6.45, 7) is 0.426. The quantitative estimate of drug-likeness (QED) is 0.345. The van der Waals surface area contributed by atoms with E-state index in [9.17, 15) is 0 Å². The second-order valence-corrected chi connectivity index (χ2v) is 3.42. The second-order valence-electron chi connectivity index (χ2n) is 3.42. The van der Waals surface area contributed by atoms with Crippen LogP contribution in [0.15, 0.2) is 35.5 Å². The molecule has 3 N–H and O–H groups in total. The van der Waals surface area contributed by atoms with Gasteiger partial charge in [0.05, 0.1) is 6.54 Å². The molecule has 1 aromatic heterocycles. The lowest BCUT2D eigenvalue weighted by Gasteiger charge is -1.96. The Bertz CT molecular complexity index is 507. The Morgan fingerprint density at radius 3 is 2.82 bits per heavy atom. The van der Waals surface area contributed by atoms with Crippen LogP contribution in [-0.4, -0.2) is 31.3 Å². The number of aryl methyl sites for hydroxylation is 1. The molecule has 0 aliphatic heterocycles. The van der Waals surface area contributed by atoms with E-state index in [4.69, 9.17) is 10.9 Å². The highest BCUT2D eigenvalue weighted by Crippen LogP contribution is 2.11. The van der Waals surface area contributed by atoms with E-state index in [0.29, 0.717) is 18.8 Å². The zero-order chi connectivity index (χ0) is 12.1. The van der Waals surface area contributed by atoms with Gasteiger partial charge in [0, 0.05) is 12.0 Å². The smallest absolute Gasteiger partial charge is 0.204 e. The molecule has 0 saturated heterocycles. The first kappa shape index (κ1) is 11.1. The van der Waals surface area contributed by atoms with Crippen molar-refractivity contribution in [3.8, 4) is 11.4 Å². The molecule has 0 bridgehead atoms. The summed E-state index contributed by atoms with van der Waals surface area (Å²) in [4.78, 5) is 1.42. The molecule has 7 heteroatoms. The van der Waals surface area contributed by atoms with Crippen molar-refractivity contribution in [2.24, 2.45) is 10.9 Å². The fourth-order valence-electron chi connectivity index (χ4n) is 1.31. The lowest BCUT2D eigenvalue weighted by molar-refractivity contribution is 0.316. The molecular formula is C10H12N6O. The molecule has 2 aromatic rings. The number of hydrogen-bond donors (Lipinski definition) is 2. The van der Waals surface area contributed by atoms with Crippen LogP contribution in [0, 0.1) is 0 Å². The minimum absolute atomic E-state index is 0.142. The molecule has 17 heavy (non-hydrogen) atoms. The Kier molecular flexibility index (Phi) is 3.29.